The lowest BCUT2D eigenvalue weighted by Gasteiger charge is -2.38. The van der Waals surface area contributed by atoms with Gasteiger partial charge in [0.2, 0.25) is 0 Å². The van der Waals surface area contributed by atoms with Gasteiger partial charge >= 0.3 is 0 Å². The fraction of sp³-hybridized carbons (Fsp3) is 0.353. The first-order chi connectivity index (χ1) is 10.3. The monoisotopic (exact) mass is 283 g/mol. The molecule has 1 saturated heterocycles. The molecule has 1 aliphatic heterocycles. The zero-order chi connectivity index (χ0) is 14.7. The summed E-state index contributed by atoms with van der Waals surface area (Å²) >= 11 is 0. The quantitative estimate of drug-likeness (QED) is 0.940. The lowest BCUT2D eigenvalue weighted by Crippen LogP contribution is -2.45. The Labute approximate surface area is 125 Å². The molecule has 1 aliphatic rings. The minimum absolute atomic E-state index is 0.205. The lowest BCUT2D eigenvalue weighted by molar-refractivity contribution is 0.413. The second-order valence-corrected chi connectivity index (χ2v) is 5.48. The third kappa shape index (κ3) is 3.00. The highest BCUT2D eigenvalue weighted by molar-refractivity contribution is 5.46. The highest BCUT2D eigenvalue weighted by atomic mass is 16.5. The zero-order valence-corrected chi connectivity index (χ0v) is 12.3. The van der Waals surface area contributed by atoms with Crippen molar-refractivity contribution in [2.45, 2.75) is 18.4 Å². The van der Waals surface area contributed by atoms with E-state index in [-0.39, 0.29) is 6.04 Å². The van der Waals surface area contributed by atoms with Crippen molar-refractivity contribution in [1.29, 1.82) is 0 Å². The van der Waals surface area contributed by atoms with Gasteiger partial charge in [-0.05, 0) is 36.2 Å². The van der Waals surface area contributed by atoms with E-state index in [0.29, 0.717) is 5.92 Å². The molecule has 0 saturated carbocycles. The number of piperidine rings is 1. The maximum atomic E-state index is 6.35. The standard InChI is InChI=1S/C17H21N3O/c1-21-15-4-2-13(3-5-15)16-12-20(11-8-17(16)18)14-6-9-19-10-7-14/h2-7,9-10,16-17H,8,11-12,18H2,1H3/t16-,17?/m0/s1. The maximum absolute atomic E-state index is 6.35. The fourth-order valence-corrected chi connectivity index (χ4v) is 2.96. The van der Waals surface area contributed by atoms with Crippen molar-refractivity contribution in [3.63, 3.8) is 0 Å². The van der Waals surface area contributed by atoms with Crippen LogP contribution in [0.2, 0.25) is 0 Å². The minimum Gasteiger partial charge on any atom is -0.497 e. The Morgan fingerprint density at radius 2 is 1.86 bits per heavy atom. The number of nitrogens with two attached hydrogens (primary N) is 1. The van der Waals surface area contributed by atoms with Crippen molar-refractivity contribution in [2.75, 3.05) is 25.1 Å². The van der Waals surface area contributed by atoms with Gasteiger partial charge in [-0.2, -0.15) is 0 Å². The summed E-state index contributed by atoms with van der Waals surface area (Å²) in [6, 6.07) is 12.6. The normalized spacial score (nSPS) is 22.1. The predicted octanol–water partition coefficient (Wildman–Crippen LogP) is 2.41. The number of pyridine rings is 1. The molecule has 4 heteroatoms. The molecule has 1 aromatic carbocycles. The molecule has 0 radical (unpaired) electrons. The molecule has 2 heterocycles. The Bertz CT molecular complexity index is 570. The molecule has 21 heavy (non-hydrogen) atoms. The van der Waals surface area contributed by atoms with E-state index in [1.807, 2.05) is 24.5 Å². The van der Waals surface area contributed by atoms with Gasteiger partial charge in [0.25, 0.3) is 0 Å². The maximum Gasteiger partial charge on any atom is 0.118 e. The SMILES string of the molecule is COc1ccc([C@@H]2CN(c3ccncc3)CCC2N)cc1. The van der Waals surface area contributed by atoms with E-state index in [4.69, 9.17) is 10.5 Å². The Balaban J connectivity index is 1.80. The number of hydrogen-bond acceptors (Lipinski definition) is 4. The van der Waals surface area contributed by atoms with Gasteiger partial charge in [0.15, 0.2) is 0 Å². The van der Waals surface area contributed by atoms with Crippen LogP contribution in [0.3, 0.4) is 0 Å². The summed E-state index contributed by atoms with van der Waals surface area (Å²) in [6.45, 7) is 1.94. The van der Waals surface area contributed by atoms with Crippen LogP contribution in [0.25, 0.3) is 0 Å². The van der Waals surface area contributed by atoms with Crippen LogP contribution in [0, 0.1) is 0 Å². The van der Waals surface area contributed by atoms with Crippen molar-refractivity contribution < 1.29 is 4.74 Å². The molecule has 2 aromatic rings. The van der Waals surface area contributed by atoms with Crippen molar-refractivity contribution in [3.05, 3.63) is 54.4 Å². The molecule has 110 valence electrons. The Kier molecular flexibility index (Phi) is 4.06. The van der Waals surface area contributed by atoms with Gasteiger partial charge in [-0.1, -0.05) is 12.1 Å². The van der Waals surface area contributed by atoms with Crippen molar-refractivity contribution in [1.82, 2.24) is 4.98 Å². The second kappa shape index (κ2) is 6.14. The van der Waals surface area contributed by atoms with Crippen molar-refractivity contribution in [2.24, 2.45) is 5.73 Å². The van der Waals surface area contributed by atoms with E-state index in [1.165, 1.54) is 11.3 Å². The first-order valence-corrected chi connectivity index (χ1v) is 7.32. The van der Waals surface area contributed by atoms with Gasteiger partial charge in [0.1, 0.15) is 5.75 Å². The number of hydrogen-bond donors (Lipinski definition) is 1. The highest BCUT2D eigenvalue weighted by Crippen LogP contribution is 2.30. The summed E-state index contributed by atoms with van der Waals surface area (Å²) in [7, 11) is 1.69. The van der Waals surface area contributed by atoms with E-state index >= 15 is 0 Å². The van der Waals surface area contributed by atoms with Gasteiger partial charge in [0, 0.05) is 43.1 Å². The average Bonchev–Trinajstić information content (AvgIpc) is 2.56. The predicted molar refractivity (Wildman–Crippen MR) is 84.8 cm³/mol. The molecule has 1 unspecified atom stereocenters. The van der Waals surface area contributed by atoms with Gasteiger partial charge in [-0.3, -0.25) is 4.98 Å². The van der Waals surface area contributed by atoms with Gasteiger partial charge in [-0.25, -0.2) is 0 Å². The number of aromatic nitrogens is 1. The van der Waals surface area contributed by atoms with E-state index in [9.17, 15) is 0 Å². The smallest absolute Gasteiger partial charge is 0.118 e. The van der Waals surface area contributed by atoms with E-state index < -0.39 is 0 Å². The molecule has 0 bridgehead atoms. The number of benzene rings is 1. The van der Waals surface area contributed by atoms with Crippen LogP contribution in [0.5, 0.6) is 5.75 Å². The summed E-state index contributed by atoms with van der Waals surface area (Å²) in [6.07, 6.45) is 4.68. The number of ether oxygens (including phenoxy) is 1. The van der Waals surface area contributed by atoms with E-state index in [0.717, 1.165) is 25.3 Å². The molecule has 3 rings (SSSR count). The van der Waals surface area contributed by atoms with Crippen LogP contribution in [0.4, 0.5) is 5.69 Å². The zero-order valence-electron chi connectivity index (χ0n) is 12.3. The molecule has 2 N–H and O–H groups in total. The third-order valence-corrected chi connectivity index (χ3v) is 4.24. The molecule has 0 aliphatic carbocycles. The lowest BCUT2D eigenvalue weighted by atomic mass is 9.86. The van der Waals surface area contributed by atoms with E-state index in [2.05, 4.69) is 34.1 Å². The average molecular weight is 283 g/mol. The molecule has 4 nitrogen and oxygen atoms in total. The second-order valence-electron chi connectivity index (χ2n) is 5.48. The first-order valence-electron chi connectivity index (χ1n) is 7.32. The molecule has 0 spiro atoms. The van der Waals surface area contributed by atoms with Crippen LogP contribution in [-0.2, 0) is 0 Å². The fourth-order valence-electron chi connectivity index (χ4n) is 2.96. The molecule has 2 atom stereocenters. The summed E-state index contributed by atoms with van der Waals surface area (Å²) in [5, 5.41) is 0. The molecule has 1 aromatic heterocycles. The van der Waals surface area contributed by atoms with Gasteiger partial charge in [0.05, 0.1) is 7.11 Å². The van der Waals surface area contributed by atoms with Crippen LogP contribution < -0.4 is 15.4 Å². The number of nitrogens with zero attached hydrogens (tertiary/aromatic N) is 2. The van der Waals surface area contributed by atoms with Crippen molar-refractivity contribution >= 4 is 5.69 Å². The molecular weight excluding hydrogens is 262 g/mol. The third-order valence-electron chi connectivity index (χ3n) is 4.24. The van der Waals surface area contributed by atoms with E-state index in [1.54, 1.807) is 7.11 Å². The van der Waals surface area contributed by atoms with Gasteiger partial charge in [-0.15, -0.1) is 0 Å². The summed E-state index contributed by atoms with van der Waals surface area (Å²) in [5.74, 6) is 1.23. The highest BCUT2D eigenvalue weighted by Gasteiger charge is 2.28. The molecule has 0 amide bonds. The molecule has 1 fully saturated rings. The Morgan fingerprint density at radius 3 is 2.52 bits per heavy atom. The number of rotatable bonds is 3. The number of methoxy groups -OCH3 is 1. The van der Waals surface area contributed by atoms with Crippen LogP contribution >= 0.6 is 0 Å². The topological polar surface area (TPSA) is 51.4 Å². The van der Waals surface area contributed by atoms with Crippen molar-refractivity contribution in [3.8, 4) is 5.75 Å². The largest absolute Gasteiger partial charge is 0.497 e. The van der Waals surface area contributed by atoms with Gasteiger partial charge < -0.3 is 15.4 Å². The summed E-state index contributed by atoms with van der Waals surface area (Å²) < 4.78 is 5.23. The Morgan fingerprint density at radius 1 is 1.14 bits per heavy atom. The van der Waals surface area contributed by atoms with Crippen LogP contribution in [-0.4, -0.2) is 31.2 Å². The first kappa shape index (κ1) is 13.9. The Hall–Kier alpha value is -2.07. The summed E-state index contributed by atoms with van der Waals surface area (Å²) in [5.41, 5.74) is 8.85. The minimum atomic E-state index is 0.205. The summed E-state index contributed by atoms with van der Waals surface area (Å²) in [4.78, 5) is 6.48. The van der Waals surface area contributed by atoms with Crippen LogP contribution in [0.1, 0.15) is 17.9 Å². The van der Waals surface area contributed by atoms with Crippen LogP contribution in [0.15, 0.2) is 48.8 Å². The number of anilines is 1. The molecular formula is C17H21N3O.